The first-order valence-electron chi connectivity index (χ1n) is 8.76. The average molecular weight is 370 g/mol. The van der Waals surface area contributed by atoms with Gasteiger partial charge in [-0.15, -0.1) is 0 Å². The average Bonchev–Trinajstić information content (AvgIpc) is 3.03. The fourth-order valence-electron chi connectivity index (χ4n) is 3.33. The van der Waals surface area contributed by atoms with E-state index in [0.717, 1.165) is 35.4 Å². The highest BCUT2D eigenvalue weighted by Crippen LogP contribution is 2.22. The number of amides is 1. The zero-order valence-corrected chi connectivity index (χ0v) is 15.3. The fourth-order valence-corrected chi connectivity index (χ4v) is 3.46. The summed E-state index contributed by atoms with van der Waals surface area (Å²) >= 11 is 5.90. The first kappa shape index (κ1) is 16.9. The van der Waals surface area contributed by atoms with Crippen molar-refractivity contribution in [1.29, 1.82) is 0 Å². The first-order chi connectivity index (χ1) is 12.6. The molecule has 5 nitrogen and oxygen atoms in total. The highest BCUT2D eigenvalue weighted by atomic mass is 35.5. The highest BCUT2D eigenvalue weighted by molar-refractivity contribution is 6.30. The van der Waals surface area contributed by atoms with Crippen molar-refractivity contribution in [2.24, 2.45) is 0 Å². The van der Waals surface area contributed by atoms with Crippen LogP contribution >= 0.6 is 11.6 Å². The maximum Gasteiger partial charge on any atom is 0.253 e. The van der Waals surface area contributed by atoms with E-state index < -0.39 is 0 Å². The molecule has 26 heavy (non-hydrogen) atoms. The SMILES string of the molecule is Cc1nc2cc(C(=O)N3CCC(Oc4ccc(Cl)cc4)CC3)ccc2[nH]1. The first-order valence-corrected chi connectivity index (χ1v) is 9.14. The molecule has 4 rings (SSSR count). The molecule has 1 N–H and O–H groups in total. The minimum absolute atomic E-state index is 0.0532. The number of nitrogens with one attached hydrogen (secondary N) is 1. The second-order valence-corrected chi connectivity index (χ2v) is 7.05. The van der Waals surface area contributed by atoms with E-state index in [1.54, 1.807) is 0 Å². The zero-order valence-electron chi connectivity index (χ0n) is 14.5. The van der Waals surface area contributed by atoms with Crippen molar-refractivity contribution >= 4 is 28.5 Å². The molecule has 134 valence electrons. The van der Waals surface area contributed by atoms with Crippen molar-refractivity contribution in [3.8, 4) is 5.75 Å². The lowest BCUT2D eigenvalue weighted by atomic mass is 10.1. The Morgan fingerprint density at radius 3 is 2.65 bits per heavy atom. The predicted octanol–water partition coefficient (Wildman–Crippen LogP) is 4.21. The Morgan fingerprint density at radius 1 is 1.19 bits per heavy atom. The number of carbonyl (C=O) groups excluding carboxylic acids is 1. The van der Waals surface area contributed by atoms with Crippen molar-refractivity contribution in [2.45, 2.75) is 25.9 Å². The zero-order chi connectivity index (χ0) is 18.1. The number of aryl methyl sites for hydroxylation is 1. The smallest absolute Gasteiger partial charge is 0.253 e. The normalized spacial score (nSPS) is 15.4. The quantitative estimate of drug-likeness (QED) is 0.752. The summed E-state index contributed by atoms with van der Waals surface area (Å²) in [5, 5.41) is 0.696. The number of hydrogen-bond donors (Lipinski definition) is 1. The molecule has 0 atom stereocenters. The molecular formula is C20H20ClN3O2. The van der Waals surface area contributed by atoms with Gasteiger partial charge in [0.2, 0.25) is 0 Å². The molecular weight excluding hydrogens is 350 g/mol. The molecule has 1 aliphatic heterocycles. The van der Waals surface area contributed by atoms with Crippen LogP contribution in [0.3, 0.4) is 0 Å². The minimum atomic E-state index is 0.0532. The second-order valence-electron chi connectivity index (χ2n) is 6.62. The number of benzene rings is 2. The predicted molar refractivity (Wildman–Crippen MR) is 102 cm³/mol. The fraction of sp³-hybridized carbons (Fsp3) is 0.300. The molecule has 2 aromatic carbocycles. The van der Waals surface area contributed by atoms with Gasteiger partial charge in [0.05, 0.1) is 11.0 Å². The summed E-state index contributed by atoms with van der Waals surface area (Å²) in [5.41, 5.74) is 2.46. The largest absolute Gasteiger partial charge is 0.490 e. The van der Waals surface area contributed by atoms with Crippen molar-refractivity contribution < 1.29 is 9.53 Å². The monoisotopic (exact) mass is 369 g/mol. The Balaban J connectivity index is 1.38. The summed E-state index contributed by atoms with van der Waals surface area (Å²) in [6.45, 7) is 3.29. The third-order valence-electron chi connectivity index (χ3n) is 4.69. The van der Waals surface area contributed by atoms with E-state index in [2.05, 4.69) is 9.97 Å². The number of ether oxygens (including phenoxy) is 1. The lowest BCUT2D eigenvalue weighted by molar-refractivity contribution is 0.0595. The van der Waals surface area contributed by atoms with Crippen LogP contribution in [0.2, 0.25) is 5.02 Å². The maximum atomic E-state index is 12.8. The lowest BCUT2D eigenvalue weighted by Gasteiger charge is -2.32. The molecule has 0 saturated carbocycles. The van der Waals surface area contributed by atoms with Crippen LogP contribution < -0.4 is 4.74 Å². The number of hydrogen-bond acceptors (Lipinski definition) is 3. The molecule has 0 radical (unpaired) electrons. The Hall–Kier alpha value is -2.53. The van der Waals surface area contributed by atoms with Crippen molar-refractivity contribution in [3.63, 3.8) is 0 Å². The van der Waals surface area contributed by atoms with E-state index >= 15 is 0 Å². The molecule has 6 heteroatoms. The van der Waals surface area contributed by atoms with Crippen LogP contribution in [0, 0.1) is 6.92 Å². The molecule has 3 aromatic rings. The van der Waals surface area contributed by atoms with E-state index in [0.29, 0.717) is 23.7 Å². The van der Waals surface area contributed by atoms with Crippen LogP contribution in [0.1, 0.15) is 29.0 Å². The molecule has 0 aliphatic carbocycles. The van der Waals surface area contributed by atoms with Crippen LogP contribution in [0.15, 0.2) is 42.5 Å². The number of piperidine rings is 1. The van der Waals surface area contributed by atoms with E-state index in [9.17, 15) is 4.79 Å². The van der Waals surface area contributed by atoms with Crippen LogP contribution in [0.25, 0.3) is 11.0 Å². The molecule has 0 unspecified atom stereocenters. The molecule has 0 spiro atoms. The van der Waals surface area contributed by atoms with Crippen LogP contribution in [0.5, 0.6) is 5.75 Å². The topological polar surface area (TPSA) is 58.2 Å². The third-order valence-corrected chi connectivity index (χ3v) is 4.95. The van der Waals surface area contributed by atoms with Crippen molar-refractivity contribution in [3.05, 3.63) is 58.9 Å². The van der Waals surface area contributed by atoms with Gasteiger partial charge in [-0.2, -0.15) is 0 Å². The van der Waals surface area contributed by atoms with Gasteiger partial charge < -0.3 is 14.6 Å². The number of nitrogens with zero attached hydrogens (tertiary/aromatic N) is 2. The Kier molecular flexibility index (Phi) is 4.55. The lowest BCUT2D eigenvalue weighted by Crippen LogP contribution is -2.41. The summed E-state index contributed by atoms with van der Waals surface area (Å²) in [6, 6.07) is 13.0. The third kappa shape index (κ3) is 3.53. The molecule has 1 fully saturated rings. The van der Waals surface area contributed by atoms with Gasteiger partial charge in [-0.05, 0) is 49.4 Å². The van der Waals surface area contributed by atoms with E-state index in [1.807, 2.05) is 54.3 Å². The van der Waals surface area contributed by atoms with Gasteiger partial charge >= 0.3 is 0 Å². The molecule has 1 saturated heterocycles. The highest BCUT2D eigenvalue weighted by Gasteiger charge is 2.25. The van der Waals surface area contributed by atoms with Gasteiger partial charge in [-0.3, -0.25) is 4.79 Å². The van der Waals surface area contributed by atoms with E-state index in [4.69, 9.17) is 16.3 Å². The number of rotatable bonds is 3. The Labute approximate surface area is 156 Å². The number of aromatic amines is 1. The standard InChI is InChI=1S/C20H20ClN3O2/c1-13-22-18-7-2-14(12-19(18)23-13)20(25)24-10-8-17(9-11-24)26-16-5-3-15(21)4-6-16/h2-7,12,17H,8-11H2,1H3,(H,22,23). The van der Waals surface area contributed by atoms with Crippen molar-refractivity contribution in [2.75, 3.05) is 13.1 Å². The molecule has 0 bridgehead atoms. The number of imidazole rings is 1. The Bertz CT molecular complexity index is 928. The number of carbonyl (C=O) groups is 1. The molecule has 1 amide bonds. The summed E-state index contributed by atoms with van der Waals surface area (Å²) in [5.74, 6) is 1.72. The van der Waals surface area contributed by atoms with Crippen LogP contribution in [-0.4, -0.2) is 40.0 Å². The van der Waals surface area contributed by atoms with E-state index in [-0.39, 0.29) is 12.0 Å². The van der Waals surface area contributed by atoms with Gasteiger partial charge in [0.15, 0.2) is 0 Å². The summed E-state index contributed by atoms with van der Waals surface area (Å²) in [4.78, 5) is 22.3. The number of aromatic nitrogens is 2. The van der Waals surface area contributed by atoms with Gasteiger partial charge in [0.1, 0.15) is 17.7 Å². The number of likely N-dealkylation sites (tertiary alicyclic amines) is 1. The summed E-state index contributed by atoms with van der Waals surface area (Å²) in [6.07, 6.45) is 1.76. The molecule has 1 aliphatic rings. The van der Waals surface area contributed by atoms with Gasteiger partial charge in [-0.1, -0.05) is 11.6 Å². The van der Waals surface area contributed by atoms with Crippen LogP contribution in [0.4, 0.5) is 0 Å². The van der Waals surface area contributed by atoms with Crippen LogP contribution in [-0.2, 0) is 0 Å². The summed E-state index contributed by atoms with van der Waals surface area (Å²) < 4.78 is 5.99. The number of fused-ring (bicyclic) bond motifs is 1. The number of H-pyrrole nitrogens is 1. The van der Waals surface area contributed by atoms with Gasteiger partial charge in [0.25, 0.3) is 5.91 Å². The van der Waals surface area contributed by atoms with Crippen molar-refractivity contribution in [1.82, 2.24) is 14.9 Å². The molecule has 2 heterocycles. The van der Waals surface area contributed by atoms with Gasteiger partial charge in [0, 0.05) is 36.5 Å². The Morgan fingerprint density at radius 2 is 1.92 bits per heavy atom. The molecule has 1 aromatic heterocycles. The second kappa shape index (κ2) is 7.00. The summed E-state index contributed by atoms with van der Waals surface area (Å²) in [7, 11) is 0. The minimum Gasteiger partial charge on any atom is -0.490 e. The van der Waals surface area contributed by atoms with E-state index in [1.165, 1.54) is 0 Å². The number of halogens is 1. The van der Waals surface area contributed by atoms with Gasteiger partial charge in [-0.25, -0.2) is 4.98 Å². The maximum absolute atomic E-state index is 12.8.